The summed E-state index contributed by atoms with van der Waals surface area (Å²) in [6.45, 7) is 0.175. The first-order chi connectivity index (χ1) is 13.5. The summed E-state index contributed by atoms with van der Waals surface area (Å²) in [5, 5.41) is 4.73. The highest BCUT2D eigenvalue weighted by molar-refractivity contribution is 6.31. The third kappa shape index (κ3) is 3.11. The number of rotatable bonds is 5. The highest BCUT2D eigenvalue weighted by Crippen LogP contribution is 2.38. The summed E-state index contributed by atoms with van der Waals surface area (Å²) in [6.07, 6.45) is 3.41. The Morgan fingerprint density at radius 3 is 2.75 bits per heavy atom. The van der Waals surface area contributed by atoms with Gasteiger partial charge in [-0.2, -0.15) is 5.10 Å². The molecule has 0 radical (unpaired) electrons. The molecule has 0 aliphatic carbocycles. The van der Waals surface area contributed by atoms with Gasteiger partial charge in [0.15, 0.2) is 11.6 Å². The smallest absolute Gasteiger partial charge is 0.255 e. The molecule has 1 aromatic carbocycles. The van der Waals surface area contributed by atoms with Gasteiger partial charge in [-0.05, 0) is 11.6 Å². The Hall–Kier alpha value is -2.93. The predicted octanol–water partition coefficient (Wildman–Crippen LogP) is 3.56. The molecule has 0 saturated carbocycles. The lowest BCUT2D eigenvalue weighted by atomic mass is 10.0. The molecule has 28 heavy (non-hydrogen) atoms. The van der Waals surface area contributed by atoms with Gasteiger partial charge in [-0.15, -0.1) is 0 Å². The molecular formula is C20H18ClFN4O2. The van der Waals surface area contributed by atoms with Crippen LogP contribution < -0.4 is 4.74 Å². The first-order valence-corrected chi connectivity index (χ1v) is 9.12. The van der Waals surface area contributed by atoms with Crippen LogP contribution in [0, 0.1) is 5.82 Å². The Labute approximate surface area is 166 Å². The lowest BCUT2D eigenvalue weighted by Crippen LogP contribution is -2.29. The standard InChI is InChI=1S/C20H18ClFN4O2/c1-25-18(15(21)9-24-25)8-17-13-5-3-4-6-14(13)20(27)26(17)11-12-7-16(22)19(28-2)10-23-12/h3-7,9-10,17H,8,11H2,1-2H3. The van der Waals surface area contributed by atoms with E-state index >= 15 is 0 Å². The molecule has 0 bridgehead atoms. The number of aromatic nitrogens is 3. The maximum absolute atomic E-state index is 14.1. The number of fused-ring (bicyclic) bond motifs is 1. The minimum atomic E-state index is -0.511. The van der Waals surface area contributed by atoms with Crippen LogP contribution in [0.25, 0.3) is 0 Å². The third-order valence-electron chi connectivity index (χ3n) is 5.01. The van der Waals surface area contributed by atoms with E-state index in [1.807, 2.05) is 25.2 Å². The van der Waals surface area contributed by atoms with Crippen molar-refractivity contribution in [1.29, 1.82) is 0 Å². The molecule has 1 amide bonds. The number of ether oxygens (including phenoxy) is 1. The zero-order valence-corrected chi connectivity index (χ0v) is 16.2. The molecule has 0 N–H and O–H groups in total. The Morgan fingerprint density at radius 2 is 2.07 bits per heavy atom. The first kappa shape index (κ1) is 18.4. The molecule has 8 heteroatoms. The van der Waals surface area contributed by atoms with Gasteiger partial charge in [-0.25, -0.2) is 4.39 Å². The van der Waals surface area contributed by atoms with Crippen LogP contribution in [0.15, 0.2) is 42.7 Å². The molecule has 1 atom stereocenters. The fourth-order valence-electron chi connectivity index (χ4n) is 3.57. The molecule has 3 heterocycles. The Morgan fingerprint density at radius 1 is 1.29 bits per heavy atom. The fourth-order valence-corrected chi connectivity index (χ4v) is 3.81. The largest absolute Gasteiger partial charge is 0.492 e. The number of hydrogen-bond acceptors (Lipinski definition) is 4. The monoisotopic (exact) mass is 400 g/mol. The van der Waals surface area contributed by atoms with Gasteiger partial charge < -0.3 is 9.64 Å². The summed E-state index contributed by atoms with van der Waals surface area (Å²) >= 11 is 6.29. The first-order valence-electron chi connectivity index (χ1n) is 8.74. The maximum Gasteiger partial charge on any atom is 0.255 e. The van der Waals surface area contributed by atoms with Crippen molar-refractivity contribution in [3.8, 4) is 5.75 Å². The van der Waals surface area contributed by atoms with Crippen LogP contribution in [0.5, 0.6) is 5.75 Å². The number of aryl methyl sites for hydroxylation is 1. The van der Waals surface area contributed by atoms with Crippen LogP contribution in [0.1, 0.15) is 33.4 Å². The second kappa shape index (κ2) is 7.24. The van der Waals surface area contributed by atoms with E-state index in [2.05, 4.69) is 10.1 Å². The molecule has 1 unspecified atom stereocenters. The van der Waals surface area contributed by atoms with Gasteiger partial charge in [0.1, 0.15) is 0 Å². The van der Waals surface area contributed by atoms with E-state index in [9.17, 15) is 9.18 Å². The van der Waals surface area contributed by atoms with Gasteiger partial charge in [-0.1, -0.05) is 29.8 Å². The van der Waals surface area contributed by atoms with Gasteiger partial charge in [0.2, 0.25) is 0 Å². The number of carbonyl (C=O) groups excluding carboxylic acids is 1. The summed E-state index contributed by atoms with van der Waals surface area (Å²) in [7, 11) is 3.20. The van der Waals surface area contributed by atoms with Crippen LogP contribution in [0.2, 0.25) is 5.02 Å². The SMILES string of the molecule is COc1cnc(CN2C(=O)c3ccccc3C2Cc2c(Cl)cnn2C)cc1F. The van der Waals surface area contributed by atoms with Gasteiger partial charge in [0.25, 0.3) is 5.91 Å². The molecule has 0 fully saturated rings. The van der Waals surface area contributed by atoms with Gasteiger partial charge in [0.05, 0.1) is 48.5 Å². The quantitative estimate of drug-likeness (QED) is 0.657. The van der Waals surface area contributed by atoms with Crippen molar-refractivity contribution in [3.63, 3.8) is 0 Å². The van der Waals surface area contributed by atoms with Crippen LogP contribution in [0.3, 0.4) is 0 Å². The molecule has 0 saturated heterocycles. The van der Waals surface area contributed by atoms with E-state index in [4.69, 9.17) is 16.3 Å². The van der Waals surface area contributed by atoms with Gasteiger partial charge in [0, 0.05) is 25.1 Å². The van der Waals surface area contributed by atoms with Crippen molar-refractivity contribution in [2.45, 2.75) is 19.0 Å². The number of pyridine rings is 1. The molecular weight excluding hydrogens is 383 g/mol. The van der Waals surface area contributed by atoms with E-state index in [1.54, 1.807) is 21.8 Å². The van der Waals surface area contributed by atoms with Crippen molar-refractivity contribution in [1.82, 2.24) is 19.7 Å². The van der Waals surface area contributed by atoms with Crippen molar-refractivity contribution in [2.75, 3.05) is 7.11 Å². The summed E-state index contributed by atoms with van der Waals surface area (Å²) in [5.74, 6) is -0.558. The Kier molecular flexibility index (Phi) is 4.77. The van der Waals surface area contributed by atoms with E-state index < -0.39 is 5.82 Å². The molecule has 144 valence electrons. The topological polar surface area (TPSA) is 60.2 Å². The van der Waals surface area contributed by atoms with Gasteiger partial charge in [-0.3, -0.25) is 14.5 Å². The molecule has 3 aromatic rings. The number of benzene rings is 1. The number of nitrogens with zero attached hydrogens (tertiary/aromatic N) is 4. The highest BCUT2D eigenvalue weighted by Gasteiger charge is 2.37. The number of hydrogen-bond donors (Lipinski definition) is 0. The van der Waals surface area contributed by atoms with Crippen molar-refractivity contribution >= 4 is 17.5 Å². The second-order valence-corrected chi connectivity index (χ2v) is 7.02. The van der Waals surface area contributed by atoms with Crippen molar-refractivity contribution in [3.05, 3.63) is 76.1 Å². The van der Waals surface area contributed by atoms with Crippen molar-refractivity contribution < 1.29 is 13.9 Å². The molecule has 1 aliphatic rings. The van der Waals surface area contributed by atoms with Crippen LogP contribution in [-0.2, 0) is 20.0 Å². The van der Waals surface area contributed by atoms with Crippen LogP contribution >= 0.6 is 11.6 Å². The molecule has 0 spiro atoms. The third-order valence-corrected chi connectivity index (χ3v) is 5.33. The Balaban J connectivity index is 1.70. The Bertz CT molecular complexity index is 1030. The predicted molar refractivity (Wildman–Crippen MR) is 102 cm³/mol. The van der Waals surface area contributed by atoms with Crippen molar-refractivity contribution in [2.24, 2.45) is 7.05 Å². The van der Waals surface area contributed by atoms with Crippen LogP contribution in [0.4, 0.5) is 4.39 Å². The minimum Gasteiger partial charge on any atom is -0.492 e. The summed E-state index contributed by atoms with van der Waals surface area (Å²) in [6, 6.07) is 8.52. The zero-order chi connectivity index (χ0) is 19.8. The summed E-state index contributed by atoms with van der Waals surface area (Å²) in [4.78, 5) is 19.0. The van der Waals surface area contributed by atoms with E-state index in [0.717, 1.165) is 11.3 Å². The van der Waals surface area contributed by atoms with Gasteiger partial charge >= 0.3 is 0 Å². The number of halogens is 2. The molecule has 1 aliphatic heterocycles. The number of carbonyl (C=O) groups is 1. The summed E-state index contributed by atoms with van der Waals surface area (Å²) < 4.78 is 20.7. The maximum atomic E-state index is 14.1. The zero-order valence-electron chi connectivity index (χ0n) is 15.4. The van der Waals surface area contributed by atoms with E-state index in [-0.39, 0.29) is 24.2 Å². The average molecular weight is 401 g/mol. The minimum absolute atomic E-state index is 0.0676. The number of methoxy groups -OCH3 is 1. The highest BCUT2D eigenvalue weighted by atomic mass is 35.5. The van der Waals surface area contributed by atoms with E-state index in [1.165, 1.54) is 19.4 Å². The fraction of sp³-hybridized carbons (Fsp3) is 0.250. The molecule has 6 nitrogen and oxygen atoms in total. The molecule has 4 rings (SSSR count). The van der Waals surface area contributed by atoms with E-state index in [0.29, 0.717) is 22.7 Å². The normalized spacial score (nSPS) is 15.8. The lowest BCUT2D eigenvalue weighted by molar-refractivity contribution is 0.0705. The second-order valence-electron chi connectivity index (χ2n) is 6.61. The van der Waals surface area contributed by atoms with Crippen LogP contribution in [-0.4, -0.2) is 32.7 Å². The lowest BCUT2D eigenvalue weighted by Gasteiger charge is -2.25. The molecule has 2 aromatic heterocycles. The average Bonchev–Trinajstić information content (AvgIpc) is 3.14. The number of amides is 1. The summed E-state index contributed by atoms with van der Waals surface area (Å²) in [5.41, 5.74) is 2.83.